The van der Waals surface area contributed by atoms with Crippen LogP contribution >= 0.6 is 0 Å². The van der Waals surface area contributed by atoms with Crippen molar-refractivity contribution in [2.75, 3.05) is 0 Å². The molecule has 0 aliphatic heterocycles. The third-order valence-electron chi connectivity index (χ3n) is 4.89. The number of hydrogen-bond acceptors (Lipinski definition) is 2. The van der Waals surface area contributed by atoms with E-state index in [2.05, 4.69) is 13.8 Å². The van der Waals surface area contributed by atoms with Gasteiger partial charge in [-0.1, -0.05) is 75.9 Å². The van der Waals surface area contributed by atoms with E-state index in [0.29, 0.717) is 17.9 Å². The summed E-state index contributed by atoms with van der Waals surface area (Å²) in [5.41, 5.74) is 3.83. The number of aryl methyl sites for hydroxylation is 2. The molecule has 136 valence electrons. The molecule has 2 nitrogen and oxygen atoms in total. The predicted octanol–water partition coefficient (Wildman–Crippen LogP) is 6.15. The van der Waals surface area contributed by atoms with Gasteiger partial charge in [0.05, 0.1) is 0 Å². The zero-order valence-corrected chi connectivity index (χ0v) is 15.7. The van der Waals surface area contributed by atoms with E-state index in [0.717, 1.165) is 47.9 Å². The zero-order chi connectivity index (χ0) is 18.1. The van der Waals surface area contributed by atoms with Crippen LogP contribution in [-0.4, -0.2) is 10.2 Å². The van der Waals surface area contributed by atoms with Crippen molar-refractivity contribution in [1.29, 1.82) is 0 Å². The van der Waals surface area contributed by atoms with Crippen LogP contribution in [0.25, 0.3) is 0 Å². The first kappa shape index (κ1) is 19.4. The first-order chi connectivity index (χ1) is 12.2. The van der Waals surface area contributed by atoms with Crippen LogP contribution in [0.15, 0.2) is 36.4 Å². The van der Waals surface area contributed by atoms with Crippen LogP contribution in [0, 0.1) is 0 Å². The molecule has 0 saturated carbocycles. The number of phenols is 2. The number of aromatic hydroxyl groups is 2. The van der Waals surface area contributed by atoms with E-state index in [4.69, 9.17) is 0 Å². The summed E-state index contributed by atoms with van der Waals surface area (Å²) in [7, 11) is 0. The van der Waals surface area contributed by atoms with Crippen LogP contribution in [0.4, 0.5) is 0 Å². The molecular formula is C23H32O2. The number of phenolic OH excluding ortho intramolecular Hbond substituents is 2. The minimum atomic E-state index is 0.398. The number of unbranched alkanes of at least 4 members (excludes halogenated alkanes) is 4. The lowest BCUT2D eigenvalue weighted by atomic mass is 9.96. The Morgan fingerprint density at radius 2 is 1.00 bits per heavy atom. The first-order valence-corrected chi connectivity index (χ1v) is 9.76. The second-order valence-electron chi connectivity index (χ2n) is 6.94. The molecule has 0 unspecified atom stereocenters. The summed E-state index contributed by atoms with van der Waals surface area (Å²) < 4.78 is 0. The van der Waals surface area contributed by atoms with Gasteiger partial charge in [-0.05, 0) is 47.9 Å². The van der Waals surface area contributed by atoms with Gasteiger partial charge < -0.3 is 10.2 Å². The van der Waals surface area contributed by atoms with E-state index in [1.807, 2.05) is 36.4 Å². The fourth-order valence-corrected chi connectivity index (χ4v) is 3.31. The highest BCUT2D eigenvalue weighted by Crippen LogP contribution is 2.31. The average Bonchev–Trinajstić information content (AvgIpc) is 2.61. The van der Waals surface area contributed by atoms with Gasteiger partial charge in [-0.15, -0.1) is 0 Å². The lowest BCUT2D eigenvalue weighted by molar-refractivity contribution is 0.454. The van der Waals surface area contributed by atoms with Gasteiger partial charge in [-0.3, -0.25) is 0 Å². The van der Waals surface area contributed by atoms with Crippen molar-refractivity contribution in [3.8, 4) is 11.5 Å². The Morgan fingerprint density at radius 1 is 0.600 bits per heavy atom. The van der Waals surface area contributed by atoms with Gasteiger partial charge in [0.25, 0.3) is 0 Å². The molecule has 2 N–H and O–H groups in total. The van der Waals surface area contributed by atoms with Gasteiger partial charge in [0.15, 0.2) is 0 Å². The monoisotopic (exact) mass is 340 g/mol. The smallest absolute Gasteiger partial charge is 0.122 e. The van der Waals surface area contributed by atoms with E-state index in [1.165, 1.54) is 25.7 Å². The van der Waals surface area contributed by atoms with E-state index in [-0.39, 0.29) is 0 Å². The molecule has 0 aromatic heterocycles. The standard InChI is InChI=1S/C23H32O2/c1-3-5-7-11-18-13-9-15-20(22(18)24)17-21-16-10-14-19(23(21)25)12-8-6-4-2/h9-10,13-16,24-25H,3-8,11-12,17H2,1-2H3. The molecular weight excluding hydrogens is 308 g/mol. The molecule has 2 rings (SSSR count). The molecule has 0 amide bonds. The molecule has 0 aliphatic carbocycles. The highest BCUT2D eigenvalue weighted by Gasteiger charge is 2.12. The van der Waals surface area contributed by atoms with Gasteiger partial charge >= 0.3 is 0 Å². The molecule has 0 aliphatic rings. The third-order valence-corrected chi connectivity index (χ3v) is 4.89. The van der Waals surface area contributed by atoms with Crippen LogP contribution in [0.1, 0.15) is 74.6 Å². The topological polar surface area (TPSA) is 40.5 Å². The minimum Gasteiger partial charge on any atom is -0.507 e. The van der Waals surface area contributed by atoms with Crippen molar-refractivity contribution in [1.82, 2.24) is 0 Å². The van der Waals surface area contributed by atoms with Crippen LogP contribution < -0.4 is 0 Å². The minimum absolute atomic E-state index is 0.398. The van der Waals surface area contributed by atoms with Gasteiger partial charge in [0.1, 0.15) is 11.5 Å². The van der Waals surface area contributed by atoms with Gasteiger partial charge in [0, 0.05) is 6.42 Å². The Balaban J connectivity index is 2.14. The normalized spacial score (nSPS) is 11.0. The summed E-state index contributed by atoms with van der Waals surface area (Å²) in [5, 5.41) is 21.2. The highest BCUT2D eigenvalue weighted by atomic mass is 16.3. The average molecular weight is 341 g/mol. The molecule has 2 aromatic carbocycles. The van der Waals surface area contributed by atoms with Crippen LogP contribution in [0.5, 0.6) is 11.5 Å². The maximum Gasteiger partial charge on any atom is 0.122 e. The second-order valence-corrected chi connectivity index (χ2v) is 6.94. The Morgan fingerprint density at radius 3 is 1.40 bits per heavy atom. The van der Waals surface area contributed by atoms with E-state index < -0.39 is 0 Å². The Kier molecular flexibility index (Phi) is 7.84. The Hall–Kier alpha value is -1.96. The fourth-order valence-electron chi connectivity index (χ4n) is 3.31. The maximum absolute atomic E-state index is 10.6. The van der Waals surface area contributed by atoms with Gasteiger partial charge in [0.2, 0.25) is 0 Å². The number of para-hydroxylation sites is 2. The summed E-state index contributed by atoms with van der Waals surface area (Å²) in [6.07, 6.45) is 9.33. The van der Waals surface area contributed by atoms with E-state index >= 15 is 0 Å². The Bertz CT molecular complexity index is 604. The second kappa shape index (κ2) is 10.1. The quantitative estimate of drug-likeness (QED) is 0.509. The van der Waals surface area contributed by atoms with Crippen LogP contribution in [0.3, 0.4) is 0 Å². The van der Waals surface area contributed by atoms with Crippen molar-refractivity contribution in [3.05, 3.63) is 58.7 Å². The van der Waals surface area contributed by atoms with Crippen LogP contribution in [0.2, 0.25) is 0 Å². The number of hydrogen-bond donors (Lipinski definition) is 2. The molecule has 0 atom stereocenters. The fraction of sp³-hybridized carbons (Fsp3) is 0.478. The molecule has 0 bridgehead atoms. The first-order valence-electron chi connectivity index (χ1n) is 9.76. The lowest BCUT2D eigenvalue weighted by Gasteiger charge is -2.13. The van der Waals surface area contributed by atoms with Crippen LogP contribution in [-0.2, 0) is 19.3 Å². The molecule has 0 fully saturated rings. The van der Waals surface area contributed by atoms with Crippen molar-refractivity contribution >= 4 is 0 Å². The van der Waals surface area contributed by atoms with Crippen molar-refractivity contribution in [2.45, 2.75) is 71.6 Å². The van der Waals surface area contributed by atoms with Crippen molar-refractivity contribution in [2.24, 2.45) is 0 Å². The highest BCUT2D eigenvalue weighted by molar-refractivity contribution is 5.47. The van der Waals surface area contributed by atoms with Crippen molar-refractivity contribution < 1.29 is 10.2 Å². The summed E-state index contributed by atoms with van der Waals surface area (Å²) in [6.45, 7) is 4.37. The molecule has 0 heterocycles. The van der Waals surface area contributed by atoms with Gasteiger partial charge in [-0.2, -0.15) is 0 Å². The summed E-state index contributed by atoms with van der Waals surface area (Å²) >= 11 is 0. The molecule has 0 saturated heterocycles. The molecule has 2 aromatic rings. The molecule has 2 heteroatoms. The maximum atomic E-state index is 10.6. The number of rotatable bonds is 10. The SMILES string of the molecule is CCCCCc1cccc(Cc2cccc(CCCCC)c2O)c1O. The largest absolute Gasteiger partial charge is 0.507 e. The lowest BCUT2D eigenvalue weighted by Crippen LogP contribution is -1.96. The van der Waals surface area contributed by atoms with E-state index in [1.54, 1.807) is 0 Å². The summed E-state index contributed by atoms with van der Waals surface area (Å²) in [4.78, 5) is 0. The molecule has 25 heavy (non-hydrogen) atoms. The molecule has 0 spiro atoms. The summed E-state index contributed by atoms with van der Waals surface area (Å²) in [5.74, 6) is 0.795. The third kappa shape index (κ3) is 5.52. The zero-order valence-electron chi connectivity index (χ0n) is 15.7. The number of benzene rings is 2. The van der Waals surface area contributed by atoms with Gasteiger partial charge in [-0.25, -0.2) is 0 Å². The van der Waals surface area contributed by atoms with Crippen molar-refractivity contribution in [3.63, 3.8) is 0 Å². The predicted molar refractivity (Wildman–Crippen MR) is 105 cm³/mol. The summed E-state index contributed by atoms with van der Waals surface area (Å²) in [6, 6.07) is 12.0. The molecule has 0 radical (unpaired) electrons. The Labute approximate surface area is 152 Å². The van der Waals surface area contributed by atoms with E-state index in [9.17, 15) is 10.2 Å².